The standard InChI is InChI=1S/C14H22ClN3O/c1-14(2,18-7-9-19-10-8-18)13(17-16)11-3-5-12(15)6-4-11/h3-6,13,17H,7-10,16H2,1-2H3. The van der Waals surface area contributed by atoms with E-state index in [4.69, 9.17) is 22.2 Å². The zero-order chi connectivity index (χ0) is 13.9. The van der Waals surface area contributed by atoms with Crippen molar-refractivity contribution in [1.29, 1.82) is 0 Å². The highest BCUT2D eigenvalue weighted by molar-refractivity contribution is 6.30. The number of nitrogens with one attached hydrogen (secondary N) is 1. The van der Waals surface area contributed by atoms with Gasteiger partial charge in [0.15, 0.2) is 0 Å². The fourth-order valence-corrected chi connectivity index (χ4v) is 2.81. The molecule has 2 rings (SSSR count). The Morgan fingerprint density at radius 2 is 1.84 bits per heavy atom. The van der Waals surface area contributed by atoms with Crippen molar-refractivity contribution >= 4 is 11.6 Å². The van der Waals surface area contributed by atoms with Crippen LogP contribution in [0.3, 0.4) is 0 Å². The summed E-state index contributed by atoms with van der Waals surface area (Å²) in [5.74, 6) is 5.79. The third-order valence-corrected chi connectivity index (χ3v) is 4.15. The molecule has 0 aliphatic carbocycles. The number of hydrogen-bond donors (Lipinski definition) is 2. The fourth-order valence-electron chi connectivity index (χ4n) is 2.69. The van der Waals surface area contributed by atoms with Gasteiger partial charge in [-0.2, -0.15) is 0 Å². The summed E-state index contributed by atoms with van der Waals surface area (Å²) in [7, 11) is 0. The van der Waals surface area contributed by atoms with Crippen molar-refractivity contribution < 1.29 is 4.74 Å². The largest absolute Gasteiger partial charge is 0.379 e. The Balaban J connectivity index is 2.21. The van der Waals surface area contributed by atoms with Crippen molar-refractivity contribution in [3.8, 4) is 0 Å². The van der Waals surface area contributed by atoms with E-state index in [1.807, 2.05) is 24.3 Å². The Kier molecular flexibility index (Phi) is 4.81. The minimum absolute atomic E-state index is 0.0443. The Morgan fingerprint density at radius 1 is 1.26 bits per heavy atom. The molecule has 3 N–H and O–H groups in total. The molecule has 1 fully saturated rings. The number of ether oxygens (including phenoxy) is 1. The first kappa shape index (κ1) is 14.8. The van der Waals surface area contributed by atoms with E-state index in [-0.39, 0.29) is 11.6 Å². The van der Waals surface area contributed by atoms with Gasteiger partial charge in [-0.1, -0.05) is 23.7 Å². The zero-order valence-electron chi connectivity index (χ0n) is 11.5. The van der Waals surface area contributed by atoms with Crippen molar-refractivity contribution in [3.05, 3.63) is 34.9 Å². The second-order valence-corrected chi connectivity index (χ2v) is 5.84. The van der Waals surface area contributed by atoms with Crippen LogP contribution in [0.15, 0.2) is 24.3 Å². The van der Waals surface area contributed by atoms with Gasteiger partial charge >= 0.3 is 0 Å². The molecule has 0 saturated carbocycles. The van der Waals surface area contributed by atoms with Gasteiger partial charge in [-0.25, -0.2) is 0 Å². The summed E-state index contributed by atoms with van der Waals surface area (Å²) in [4.78, 5) is 2.41. The lowest BCUT2D eigenvalue weighted by Gasteiger charge is -2.45. The van der Waals surface area contributed by atoms with Crippen LogP contribution in [0.5, 0.6) is 0 Å². The third-order valence-electron chi connectivity index (χ3n) is 3.90. The molecule has 1 aromatic rings. The van der Waals surface area contributed by atoms with E-state index in [1.165, 1.54) is 0 Å². The molecule has 0 aromatic heterocycles. The van der Waals surface area contributed by atoms with Crippen LogP contribution in [0.25, 0.3) is 0 Å². The van der Waals surface area contributed by atoms with Crippen LogP contribution < -0.4 is 11.3 Å². The molecular weight excluding hydrogens is 262 g/mol. The van der Waals surface area contributed by atoms with E-state index >= 15 is 0 Å². The van der Waals surface area contributed by atoms with Crippen molar-refractivity contribution in [2.24, 2.45) is 5.84 Å². The fraction of sp³-hybridized carbons (Fsp3) is 0.571. The number of hydrogen-bond acceptors (Lipinski definition) is 4. The maximum atomic E-state index is 5.94. The van der Waals surface area contributed by atoms with E-state index in [0.717, 1.165) is 36.9 Å². The number of benzene rings is 1. The number of rotatable bonds is 4. The molecule has 19 heavy (non-hydrogen) atoms. The average Bonchev–Trinajstić information content (AvgIpc) is 2.42. The topological polar surface area (TPSA) is 50.5 Å². The summed E-state index contributed by atoms with van der Waals surface area (Å²) in [6.07, 6.45) is 0. The molecule has 0 spiro atoms. The highest BCUT2D eigenvalue weighted by atomic mass is 35.5. The average molecular weight is 284 g/mol. The molecule has 1 aliphatic rings. The second kappa shape index (κ2) is 6.20. The Morgan fingerprint density at radius 3 is 2.37 bits per heavy atom. The molecule has 106 valence electrons. The zero-order valence-corrected chi connectivity index (χ0v) is 12.3. The van der Waals surface area contributed by atoms with Gasteiger partial charge in [0, 0.05) is 23.7 Å². The van der Waals surface area contributed by atoms with Gasteiger partial charge in [0.1, 0.15) is 0 Å². The van der Waals surface area contributed by atoms with Gasteiger partial charge in [-0.15, -0.1) is 0 Å². The van der Waals surface area contributed by atoms with Crippen LogP contribution >= 0.6 is 11.6 Å². The minimum atomic E-state index is -0.0909. The molecule has 0 bridgehead atoms. The van der Waals surface area contributed by atoms with Crippen LogP contribution in [0.4, 0.5) is 0 Å². The van der Waals surface area contributed by atoms with Crippen molar-refractivity contribution in [2.45, 2.75) is 25.4 Å². The highest BCUT2D eigenvalue weighted by Crippen LogP contribution is 2.31. The molecule has 1 heterocycles. The number of halogens is 1. The van der Waals surface area contributed by atoms with Crippen molar-refractivity contribution in [1.82, 2.24) is 10.3 Å². The van der Waals surface area contributed by atoms with E-state index in [9.17, 15) is 0 Å². The van der Waals surface area contributed by atoms with Crippen LogP contribution in [0, 0.1) is 0 Å². The summed E-state index contributed by atoms with van der Waals surface area (Å²) >= 11 is 5.94. The van der Waals surface area contributed by atoms with Gasteiger partial charge in [0.25, 0.3) is 0 Å². The predicted octanol–water partition coefficient (Wildman–Crippen LogP) is 1.96. The lowest BCUT2D eigenvalue weighted by molar-refractivity contribution is -0.0238. The summed E-state index contributed by atoms with van der Waals surface area (Å²) in [5.41, 5.74) is 4.00. The van der Waals surface area contributed by atoms with Gasteiger partial charge in [0.2, 0.25) is 0 Å². The van der Waals surface area contributed by atoms with Gasteiger partial charge in [0.05, 0.1) is 19.3 Å². The van der Waals surface area contributed by atoms with E-state index < -0.39 is 0 Å². The molecule has 1 saturated heterocycles. The SMILES string of the molecule is CC(C)(C(NN)c1ccc(Cl)cc1)N1CCOCC1. The molecular formula is C14H22ClN3O. The van der Waals surface area contributed by atoms with E-state index in [0.29, 0.717) is 0 Å². The molecule has 1 unspecified atom stereocenters. The second-order valence-electron chi connectivity index (χ2n) is 5.40. The molecule has 1 atom stereocenters. The van der Waals surface area contributed by atoms with E-state index in [2.05, 4.69) is 24.2 Å². The molecule has 1 aromatic carbocycles. The van der Waals surface area contributed by atoms with Gasteiger partial charge in [-0.3, -0.25) is 16.2 Å². The molecule has 0 amide bonds. The maximum absolute atomic E-state index is 5.94. The van der Waals surface area contributed by atoms with Crippen LogP contribution in [0.1, 0.15) is 25.5 Å². The number of morpholine rings is 1. The van der Waals surface area contributed by atoms with Crippen molar-refractivity contribution in [2.75, 3.05) is 26.3 Å². The number of nitrogens with two attached hydrogens (primary N) is 1. The Bertz CT molecular complexity index is 402. The summed E-state index contributed by atoms with van der Waals surface area (Å²) < 4.78 is 5.42. The molecule has 5 heteroatoms. The highest BCUT2D eigenvalue weighted by Gasteiger charge is 2.36. The quantitative estimate of drug-likeness (QED) is 0.655. The minimum Gasteiger partial charge on any atom is -0.379 e. The first-order valence-corrected chi connectivity index (χ1v) is 6.98. The Labute approximate surface area is 119 Å². The normalized spacial score (nSPS) is 19.4. The summed E-state index contributed by atoms with van der Waals surface area (Å²) in [5, 5.41) is 0.740. The predicted molar refractivity (Wildman–Crippen MR) is 78.0 cm³/mol. The van der Waals surface area contributed by atoms with Gasteiger partial charge < -0.3 is 4.74 Å². The van der Waals surface area contributed by atoms with Crippen LogP contribution in [0.2, 0.25) is 5.02 Å². The van der Waals surface area contributed by atoms with Crippen LogP contribution in [-0.2, 0) is 4.74 Å². The van der Waals surface area contributed by atoms with Gasteiger partial charge in [-0.05, 0) is 31.5 Å². The molecule has 0 radical (unpaired) electrons. The van der Waals surface area contributed by atoms with Crippen LogP contribution in [-0.4, -0.2) is 36.7 Å². The Hall–Kier alpha value is -0.650. The van der Waals surface area contributed by atoms with E-state index in [1.54, 1.807) is 0 Å². The third kappa shape index (κ3) is 3.27. The first-order chi connectivity index (χ1) is 9.05. The summed E-state index contributed by atoms with van der Waals surface area (Å²) in [6, 6.07) is 7.89. The lowest BCUT2D eigenvalue weighted by atomic mass is 9.87. The van der Waals surface area contributed by atoms with Crippen molar-refractivity contribution in [3.63, 3.8) is 0 Å². The number of nitrogens with zero attached hydrogens (tertiary/aromatic N) is 1. The summed E-state index contributed by atoms with van der Waals surface area (Å²) in [6.45, 7) is 7.83. The molecule has 1 aliphatic heterocycles. The lowest BCUT2D eigenvalue weighted by Crippen LogP contribution is -2.57. The monoisotopic (exact) mass is 283 g/mol. The maximum Gasteiger partial charge on any atom is 0.0638 e. The first-order valence-electron chi connectivity index (χ1n) is 6.60. The molecule has 4 nitrogen and oxygen atoms in total. The smallest absolute Gasteiger partial charge is 0.0638 e. The number of hydrazine groups is 1.